The Hall–Kier alpha value is -2.14. The molecule has 23 heavy (non-hydrogen) atoms. The molecule has 1 aliphatic heterocycles. The molecule has 1 aliphatic rings. The largest absolute Gasteiger partial charge is 0.465 e. The van der Waals surface area contributed by atoms with Gasteiger partial charge in [0.15, 0.2) is 0 Å². The molecule has 0 bridgehead atoms. The second kappa shape index (κ2) is 6.96. The Balaban J connectivity index is 1.75. The first-order valence-electron chi connectivity index (χ1n) is 8.05. The van der Waals surface area contributed by atoms with Gasteiger partial charge < -0.3 is 9.30 Å². The second-order valence-electron chi connectivity index (χ2n) is 6.23. The van der Waals surface area contributed by atoms with Crippen molar-refractivity contribution in [2.45, 2.75) is 25.9 Å². The lowest BCUT2D eigenvalue weighted by atomic mass is 9.92. The summed E-state index contributed by atoms with van der Waals surface area (Å²) in [4.78, 5) is 18.5. The van der Waals surface area contributed by atoms with Crippen LogP contribution >= 0.6 is 0 Å². The number of likely N-dealkylation sites (tertiary alicyclic amines) is 1. The number of rotatable bonds is 4. The van der Waals surface area contributed by atoms with E-state index < -0.39 is 0 Å². The van der Waals surface area contributed by atoms with Crippen LogP contribution < -0.4 is 0 Å². The van der Waals surface area contributed by atoms with Gasteiger partial charge in [-0.3, -0.25) is 4.90 Å². The minimum Gasteiger partial charge on any atom is -0.465 e. The van der Waals surface area contributed by atoms with Crippen LogP contribution in [0.4, 0.5) is 0 Å². The maximum atomic E-state index is 11.9. The zero-order valence-electron chi connectivity index (χ0n) is 13.7. The lowest BCUT2D eigenvalue weighted by molar-refractivity contribution is 0.0596. The number of piperidine rings is 1. The van der Waals surface area contributed by atoms with Gasteiger partial charge in [-0.1, -0.05) is 25.1 Å². The summed E-state index contributed by atoms with van der Waals surface area (Å²) >= 11 is 0. The average Bonchev–Trinajstić information content (AvgIpc) is 3.11. The molecule has 5 heteroatoms. The number of carbonyl (C=O) groups excluding carboxylic acids is 1. The Labute approximate surface area is 136 Å². The van der Waals surface area contributed by atoms with Gasteiger partial charge in [-0.25, -0.2) is 9.78 Å². The van der Waals surface area contributed by atoms with Crippen LogP contribution in [0.1, 0.15) is 35.3 Å². The number of hydrogen-bond donors (Lipinski definition) is 0. The fraction of sp³-hybridized carbons (Fsp3) is 0.444. The van der Waals surface area contributed by atoms with Crippen molar-refractivity contribution in [1.29, 1.82) is 0 Å². The zero-order valence-corrected chi connectivity index (χ0v) is 13.7. The number of aromatic nitrogens is 2. The number of imidazole rings is 1. The first kappa shape index (κ1) is 15.7. The number of esters is 1. The Bertz CT molecular complexity index is 654. The highest BCUT2D eigenvalue weighted by molar-refractivity contribution is 5.90. The van der Waals surface area contributed by atoms with Gasteiger partial charge in [-0.15, -0.1) is 0 Å². The maximum Gasteiger partial charge on any atom is 0.338 e. The van der Waals surface area contributed by atoms with E-state index in [9.17, 15) is 4.79 Å². The van der Waals surface area contributed by atoms with Crippen molar-refractivity contribution in [2.24, 2.45) is 5.92 Å². The average molecular weight is 313 g/mol. The summed E-state index contributed by atoms with van der Waals surface area (Å²) in [5, 5.41) is 0. The summed E-state index contributed by atoms with van der Waals surface area (Å²) in [7, 11) is 1.43. The van der Waals surface area contributed by atoms with Crippen molar-refractivity contribution in [1.82, 2.24) is 14.5 Å². The van der Waals surface area contributed by atoms with E-state index in [-0.39, 0.29) is 5.97 Å². The highest BCUT2D eigenvalue weighted by Crippen LogP contribution is 2.28. The summed E-state index contributed by atoms with van der Waals surface area (Å²) < 4.78 is 7.09. The zero-order chi connectivity index (χ0) is 16.2. The van der Waals surface area contributed by atoms with Gasteiger partial charge in [-0.05, 0) is 30.5 Å². The van der Waals surface area contributed by atoms with Crippen molar-refractivity contribution in [3.05, 3.63) is 54.1 Å². The highest BCUT2D eigenvalue weighted by Gasteiger charge is 2.27. The summed E-state index contributed by atoms with van der Waals surface area (Å²) in [5.41, 5.74) is 1.69. The number of hydrogen-bond acceptors (Lipinski definition) is 4. The van der Waals surface area contributed by atoms with Crippen LogP contribution in [0.15, 0.2) is 43.0 Å². The second-order valence-corrected chi connectivity index (χ2v) is 6.23. The monoisotopic (exact) mass is 313 g/mol. The molecular weight excluding hydrogens is 290 g/mol. The fourth-order valence-corrected chi connectivity index (χ4v) is 3.32. The van der Waals surface area contributed by atoms with Crippen LogP contribution in [0.2, 0.25) is 0 Å². The minimum absolute atomic E-state index is 0.267. The standard InChI is InChI=1S/C18H23N3O2/c1-14-7-9-20(12-17(14)21-10-8-19-13-21)11-15-5-3-4-6-16(15)18(22)23-2/h3-6,8,10,13-14,17H,7,9,11-12H2,1-2H3/t14-,17+/m0/s1. The first-order valence-corrected chi connectivity index (χ1v) is 8.05. The summed E-state index contributed by atoms with van der Waals surface area (Å²) in [6, 6.07) is 8.12. The third-order valence-corrected chi connectivity index (χ3v) is 4.73. The smallest absolute Gasteiger partial charge is 0.338 e. The number of nitrogens with zero attached hydrogens (tertiary/aromatic N) is 3. The molecule has 0 saturated carbocycles. The molecule has 0 radical (unpaired) electrons. The van der Waals surface area contributed by atoms with Gasteiger partial charge >= 0.3 is 5.97 Å². The van der Waals surface area contributed by atoms with E-state index in [1.54, 1.807) is 0 Å². The van der Waals surface area contributed by atoms with E-state index in [1.807, 2.05) is 43.0 Å². The SMILES string of the molecule is COC(=O)c1ccccc1CN1CC[C@H](C)[C@H](n2ccnc2)C1. The molecular formula is C18H23N3O2. The summed E-state index contributed by atoms with van der Waals surface area (Å²) in [5.74, 6) is 0.355. The molecule has 122 valence electrons. The molecule has 1 saturated heterocycles. The first-order chi connectivity index (χ1) is 11.2. The Morgan fingerprint density at radius 1 is 1.39 bits per heavy atom. The molecule has 2 heterocycles. The van der Waals surface area contributed by atoms with E-state index >= 15 is 0 Å². The Morgan fingerprint density at radius 3 is 2.96 bits per heavy atom. The lowest BCUT2D eigenvalue weighted by Crippen LogP contribution is -2.40. The van der Waals surface area contributed by atoms with Crippen molar-refractivity contribution in [3.63, 3.8) is 0 Å². The van der Waals surface area contributed by atoms with E-state index in [4.69, 9.17) is 4.74 Å². The molecule has 2 aromatic rings. The normalized spacial score (nSPS) is 22.0. The van der Waals surface area contributed by atoms with Gasteiger partial charge in [0.1, 0.15) is 0 Å². The molecule has 1 aromatic heterocycles. The minimum atomic E-state index is -0.267. The van der Waals surface area contributed by atoms with Crippen LogP contribution in [0.3, 0.4) is 0 Å². The van der Waals surface area contributed by atoms with Crippen molar-refractivity contribution < 1.29 is 9.53 Å². The highest BCUT2D eigenvalue weighted by atomic mass is 16.5. The quantitative estimate of drug-likeness (QED) is 0.814. The molecule has 0 amide bonds. The van der Waals surface area contributed by atoms with Crippen molar-refractivity contribution >= 4 is 5.97 Å². The molecule has 0 unspecified atom stereocenters. The third kappa shape index (κ3) is 3.45. The lowest BCUT2D eigenvalue weighted by Gasteiger charge is -2.37. The van der Waals surface area contributed by atoms with Crippen LogP contribution in [0.25, 0.3) is 0 Å². The van der Waals surface area contributed by atoms with Gasteiger partial charge in [-0.2, -0.15) is 0 Å². The molecule has 1 fully saturated rings. The number of ether oxygens (including phenoxy) is 1. The summed E-state index contributed by atoms with van der Waals surface area (Å²) in [6.45, 7) is 5.07. The van der Waals surface area contributed by atoms with E-state index in [0.717, 1.165) is 31.6 Å². The van der Waals surface area contributed by atoms with Crippen LogP contribution in [-0.2, 0) is 11.3 Å². The Kier molecular flexibility index (Phi) is 4.76. The van der Waals surface area contributed by atoms with Crippen LogP contribution in [0.5, 0.6) is 0 Å². The molecule has 0 N–H and O–H groups in total. The third-order valence-electron chi connectivity index (χ3n) is 4.73. The fourth-order valence-electron chi connectivity index (χ4n) is 3.32. The molecule has 2 atom stereocenters. The molecule has 1 aromatic carbocycles. The van der Waals surface area contributed by atoms with E-state index in [0.29, 0.717) is 17.5 Å². The topological polar surface area (TPSA) is 47.4 Å². The van der Waals surface area contributed by atoms with Gasteiger partial charge in [0.2, 0.25) is 0 Å². The number of carbonyl (C=O) groups is 1. The Morgan fingerprint density at radius 2 is 2.22 bits per heavy atom. The van der Waals surface area contributed by atoms with Crippen molar-refractivity contribution in [2.75, 3.05) is 20.2 Å². The molecule has 0 aliphatic carbocycles. The maximum absolute atomic E-state index is 11.9. The molecule has 0 spiro atoms. The predicted octanol–water partition coefficient (Wildman–Crippen LogP) is 2.75. The van der Waals surface area contributed by atoms with Crippen molar-refractivity contribution in [3.8, 4) is 0 Å². The van der Waals surface area contributed by atoms with E-state index in [2.05, 4.69) is 21.4 Å². The van der Waals surface area contributed by atoms with Gasteiger partial charge in [0.25, 0.3) is 0 Å². The van der Waals surface area contributed by atoms with Crippen LogP contribution in [-0.4, -0.2) is 40.6 Å². The van der Waals surface area contributed by atoms with Gasteiger partial charge in [0.05, 0.1) is 19.0 Å². The molecule has 5 nitrogen and oxygen atoms in total. The number of methoxy groups -OCH3 is 1. The molecule has 3 rings (SSSR count). The predicted molar refractivity (Wildman–Crippen MR) is 88.1 cm³/mol. The summed E-state index contributed by atoms with van der Waals surface area (Å²) in [6.07, 6.45) is 6.90. The van der Waals surface area contributed by atoms with E-state index in [1.165, 1.54) is 7.11 Å². The van der Waals surface area contributed by atoms with Crippen LogP contribution in [0, 0.1) is 5.92 Å². The van der Waals surface area contributed by atoms with Gasteiger partial charge in [0, 0.05) is 31.5 Å². The number of benzene rings is 1.